The maximum absolute atomic E-state index is 12.5. The molecule has 18 heavy (non-hydrogen) atoms. The van der Waals surface area contributed by atoms with E-state index in [0.29, 0.717) is 6.54 Å². The van der Waals surface area contributed by atoms with E-state index in [-0.39, 0.29) is 17.4 Å². The summed E-state index contributed by atoms with van der Waals surface area (Å²) < 4.78 is 5.78. The van der Waals surface area contributed by atoms with Crippen LogP contribution in [0, 0.1) is 5.41 Å². The van der Waals surface area contributed by atoms with Crippen molar-refractivity contribution in [3.8, 4) is 0 Å². The van der Waals surface area contributed by atoms with Crippen LogP contribution in [0.1, 0.15) is 25.3 Å². The number of hydrogen-bond donors (Lipinski definition) is 0. The van der Waals surface area contributed by atoms with Crippen molar-refractivity contribution in [2.75, 3.05) is 13.2 Å². The molecule has 0 saturated carbocycles. The van der Waals surface area contributed by atoms with E-state index in [1.807, 2.05) is 23.1 Å². The quantitative estimate of drug-likeness (QED) is 0.799. The van der Waals surface area contributed by atoms with E-state index >= 15 is 0 Å². The van der Waals surface area contributed by atoms with Crippen molar-refractivity contribution in [2.24, 2.45) is 5.41 Å². The number of amides is 1. The summed E-state index contributed by atoms with van der Waals surface area (Å²) in [7, 11) is 0. The van der Waals surface area contributed by atoms with E-state index in [1.165, 1.54) is 5.56 Å². The number of fused-ring (bicyclic) bond motifs is 1. The van der Waals surface area contributed by atoms with Crippen molar-refractivity contribution < 1.29 is 9.53 Å². The Balaban J connectivity index is 1.77. The van der Waals surface area contributed by atoms with Crippen LogP contribution in [0.5, 0.6) is 0 Å². The average Bonchev–Trinajstić information content (AvgIpc) is 2.64. The third-order valence-corrected chi connectivity index (χ3v) is 4.25. The van der Waals surface area contributed by atoms with Crippen LogP contribution in [-0.2, 0) is 16.1 Å². The predicted octanol–water partition coefficient (Wildman–Crippen LogP) is 2.21. The van der Waals surface area contributed by atoms with Gasteiger partial charge in [0.05, 0.1) is 11.5 Å². The van der Waals surface area contributed by atoms with Crippen molar-refractivity contribution in [3.05, 3.63) is 35.9 Å². The van der Waals surface area contributed by atoms with Gasteiger partial charge in [0, 0.05) is 19.7 Å². The van der Waals surface area contributed by atoms with Gasteiger partial charge in [-0.25, -0.2) is 0 Å². The number of ether oxygens (including phenoxy) is 1. The van der Waals surface area contributed by atoms with Gasteiger partial charge in [0.25, 0.3) is 0 Å². The van der Waals surface area contributed by atoms with E-state index in [9.17, 15) is 4.79 Å². The molecule has 3 nitrogen and oxygen atoms in total. The van der Waals surface area contributed by atoms with Crippen LogP contribution in [-0.4, -0.2) is 30.1 Å². The van der Waals surface area contributed by atoms with Crippen molar-refractivity contribution in [2.45, 2.75) is 32.4 Å². The third-order valence-electron chi connectivity index (χ3n) is 4.25. The fourth-order valence-electron chi connectivity index (χ4n) is 3.09. The second kappa shape index (κ2) is 4.39. The molecular weight excluding hydrogens is 226 g/mol. The highest BCUT2D eigenvalue weighted by Crippen LogP contribution is 2.41. The predicted molar refractivity (Wildman–Crippen MR) is 68.9 cm³/mol. The highest BCUT2D eigenvalue weighted by molar-refractivity contribution is 5.85. The molecule has 1 aromatic rings. The summed E-state index contributed by atoms with van der Waals surface area (Å²) in [6, 6.07) is 10.2. The molecule has 2 saturated heterocycles. The van der Waals surface area contributed by atoms with Crippen LogP contribution in [0.3, 0.4) is 0 Å². The number of likely N-dealkylation sites (tertiary alicyclic amines) is 1. The van der Waals surface area contributed by atoms with E-state index in [0.717, 1.165) is 26.0 Å². The van der Waals surface area contributed by atoms with Crippen LogP contribution in [0.4, 0.5) is 0 Å². The molecule has 96 valence electrons. The highest BCUT2D eigenvalue weighted by atomic mass is 16.5. The standard InChI is InChI=1S/C15H19NO2/c1-15-8-5-9-18-13(15)11-16(14(15)17)10-12-6-3-2-4-7-12/h2-4,6-7,13H,5,8-11H2,1H3. The normalized spacial score (nSPS) is 31.5. The number of rotatable bonds is 2. The topological polar surface area (TPSA) is 29.5 Å². The minimum Gasteiger partial charge on any atom is -0.375 e. The SMILES string of the molecule is CC12CCCOC1CN(Cc1ccccc1)C2=O. The second-order valence-electron chi connectivity index (χ2n) is 5.55. The first kappa shape index (κ1) is 11.7. The second-order valence-corrected chi connectivity index (χ2v) is 5.55. The fraction of sp³-hybridized carbons (Fsp3) is 0.533. The van der Waals surface area contributed by atoms with E-state index < -0.39 is 0 Å². The Labute approximate surface area is 108 Å². The molecule has 3 rings (SSSR count). The molecule has 0 aliphatic carbocycles. The maximum Gasteiger partial charge on any atom is 0.231 e. The molecule has 2 aliphatic rings. The number of carbonyl (C=O) groups is 1. The van der Waals surface area contributed by atoms with Crippen LogP contribution in [0.15, 0.2) is 30.3 Å². The lowest BCUT2D eigenvalue weighted by Gasteiger charge is -2.32. The first-order valence-electron chi connectivity index (χ1n) is 6.65. The van der Waals surface area contributed by atoms with Crippen molar-refractivity contribution in [1.82, 2.24) is 4.90 Å². The Morgan fingerprint density at radius 2 is 2.17 bits per heavy atom. The van der Waals surface area contributed by atoms with Crippen LogP contribution >= 0.6 is 0 Å². The Morgan fingerprint density at radius 3 is 2.89 bits per heavy atom. The molecule has 0 bridgehead atoms. The zero-order chi connectivity index (χ0) is 12.6. The van der Waals surface area contributed by atoms with Gasteiger partial charge >= 0.3 is 0 Å². The number of hydrogen-bond acceptors (Lipinski definition) is 2. The van der Waals surface area contributed by atoms with Crippen LogP contribution in [0.25, 0.3) is 0 Å². The lowest BCUT2D eigenvalue weighted by Crippen LogP contribution is -2.40. The average molecular weight is 245 g/mol. The summed E-state index contributed by atoms with van der Waals surface area (Å²) in [5.74, 6) is 0.260. The molecule has 0 aromatic heterocycles. The largest absolute Gasteiger partial charge is 0.375 e. The van der Waals surface area contributed by atoms with Gasteiger partial charge < -0.3 is 9.64 Å². The minimum atomic E-state index is -0.285. The molecule has 2 atom stereocenters. The summed E-state index contributed by atoms with van der Waals surface area (Å²) in [6.45, 7) is 4.30. The summed E-state index contributed by atoms with van der Waals surface area (Å²) in [5, 5.41) is 0. The number of benzene rings is 1. The Bertz CT molecular complexity index is 445. The van der Waals surface area contributed by atoms with Crippen molar-refractivity contribution >= 4 is 5.91 Å². The molecular formula is C15H19NO2. The van der Waals surface area contributed by atoms with Gasteiger partial charge in [0.2, 0.25) is 5.91 Å². The summed E-state index contributed by atoms with van der Waals surface area (Å²) in [6.07, 6.45) is 2.04. The summed E-state index contributed by atoms with van der Waals surface area (Å²) in [4.78, 5) is 14.5. The third kappa shape index (κ3) is 1.83. The molecule has 0 N–H and O–H groups in total. The van der Waals surface area contributed by atoms with Gasteiger partial charge in [-0.15, -0.1) is 0 Å². The van der Waals surface area contributed by atoms with E-state index in [1.54, 1.807) is 0 Å². The van der Waals surface area contributed by atoms with Crippen molar-refractivity contribution in [1.29, 1.82) is 0 Å². The fourth-order valence-corrected chi connectivity index (χ4v) is 3.09. The lowest BCUT2D eigenvalue weighted by molar-refractivity contribution is -0.141. The Hall–Kier alpha value is -1.35. The Kier molecular flexibility index (Phi) is 2.86. The molecule has 1 aromatic carbocycles. The molecule has 2 fully saturated rings. The number of carbonyl (C=O) groups excluding carboxylic acids is 1. The molecule has 2 heterocycles. The summed E-state index contributed by atoms with van der Waals surface area (Å²) >= 11 is 0. The van der Waals surface area contributed by atoms with Gasteiger partial charge in [0.1, 0.15) is 0 Å². The first-order chi connectivity index (χ1) is 8.70. The summed E-state index contributed by atoms with van der Waals surface area (Å²) in [5.41, 5.74) is 0.903. The van der Waals surface area contributed by atoms with Crippen LogP contribution < -0.4 is 0 Å². The zero-order valence-electron chi connectivity index (χ0n) is 10.8. The molecule has 3 heteroatoms. The van der Waals surface area contributed by atoms with E-state index in [4.69, 9.17) is 4.74 Å². The number of nitrogens with zero attached hydrogens (tertiary/aromatic N) is 1. The van der Waals surface area contributed by atoms with Gasteiger partial charge in [0.15, 0.2) is 0 Å². The van der Waals surface area contributed by atoms with E-state index in [2.05, 4.69) is 19.1 Å². The van der Waals surface area contributed by atoms with Crippen molar-refractivity contribution in [3.63, 3.8) is 0 Å². The van der Waals surface area contributed by atoms with Crippen LogP contribution in [0.2, 0.25) is 0 Å². The minimum absolute atomic E-state index is 0.0856. The monoisotopic (exact) mass is 245 g/mol. The highest BCUT2D eigenvalue weighted by Gasteiger charge is 2.52. The Morgan fingerprint density at radius 1 is 1.39 bits per heavy atom. The lowest BCUT2D eigenvalue weighted by atomic mass is 9.80. The van der Waals surface area contributed by atoms with Gasteiger partial charge in [-0.3, -0.25) is 4.79 Å². The molecule has 2 unspecified atom stereocenters. The molecule has 0 radical (unpaired) electrons. The van der Waals surface area contributed by atoms with Gasteiger partial charge in [-0.05, 0) is 25.3 Å². The molecule has 0 spiro atoms. The van der Waals surface area contributed by atoms with Gasteiger partial charge in [-0.1, -0.05) is 30.3 Å². The van der Waals surface area contributed by atoms with Gasteiger partial charge in [-0.2, -0.15) is 0 Å². The maximum atomic E-state index is 12.5. The molecule has 2 aliphatic heterocycles. The first-order valence-corrected chi connectivity index (χ1v) is 6.65. The molecule has 1 amide bonds. The zero-order valence-corrected chi connectivity index (χ0v) is 10.8. The smallest absolute Gasteiger partial charge is 0.231 e.